The van der Waals surface area contributed by atoms with Crippen LogP contribution < -0.4 is 10.6 Å². The Morgan fingerprint density at radius 2 is 2.00 bits per heavy atom. The minimum Gasteiger partial charge on any atom is -0.480 e. The van der Waals surface area contributed by atoms with Gasteiger partial charge < -0.3 is 20.6 Å². The molecule has 2 aliphatic rings. The third-order valence-electron chi connectivity index (χ3n) is 3.99. The van der Waals surface area contributed by atoms with Crippen molar-refractivity contribution in [3.63, 3.8) is 0 Å². The lowest BCUT2D eigenvalue weighted by Crippen LogP contribution is -2.57. The van der Waals surface area contributed by atoms with Crippen LogP contribution in [0.5, 0.6) is 0 Å². The summed E-state index contributed by atoms with van der Waals surface area (Å²) in [5, 5.41) is 14.5. The summed E-state index contributed by atoms with van der Waals surface area (Å²) in [7, 11) is 0. The lowest BCUT2D eigenvalue weighted by Gasteiger charge is -2.32. The molecule has 0 spiro atoms. The first-order valence-corrected chi connectivity index (χ1v) is 7.13. The van der Waals surface area contributed by atoms with Crippen molar-refractivity contribution in [2.24, 2.45) is 5.92 Å². The highest BCUT2D eigenvalue weighted by Gasteiger charge is 2.32. The number of piperazine rings is 1. The highest BCUT2D eigenvalue weighted by atomic mass is 16.4. The summed E-state index contributed by atoms with van der Waals surface area (Å²) in [6, 6.07) is -1.31. The topological polar surface area (TPSA) is 98.7 Å². The Morgan fingerprint density at radius 1 is 1.30 bits per heavy atom. The van der Waals surface area contributed by atoms with Gasteiger partial charge in [0.15, 0.2) is 0 Å². The van der Waals surface area contributed by atoms with Crippen LogP contribution in [0.3, 0.4) is 0 Å². The number of carbonyl (C=O) groups is 3. The molecule has 0 aromatic heterocycles. The molecular weight excluding hydrogens is 262 g/mol. The number of nitrogens with one attached hydrogen (secondary N) is 2. The van der Waals surface area contributed by atoms with Crippen molar-refractivity contribution >= 4 is 17.9 Å². The van der Waals surface area contributed by atoms with Gasteiger partial charge in [0.05, 0.1) is 0 Å². The lowest BCUT2D eigenvalue weighted by atomic mass is 9.84. The van der Waals surface area contributed by atoms with Crippen LogP contribution in [0.4, 0.5) is 4.79 Å². The van der Waals surface area contributed by atoms with Gasteiger partial charge in [0.1, 0.15) is 12.6 Å². The van der Waals surface area contributed by atoms with Gasteiger partial charge in [-0.2, -0.15) is 0 Å². The van der Waals surface area contributed by atoms with E-state index < -0.39 is 18.0 Å². The summed E-state index contributed by atoms with van der Waals surface area (Å²) in [5.41, 5.74) is 0. The van der Waals surface area contributed by atoms with Crippen LogP contribution in [0.1, 0.15) is 32.1 Å². The molecular formula is C13H21N3O4. The molecule has 20 heavy (non-hydrogen) atoms. The van der Waals surface area contributed by atoms with Crippen LogP contribution in [0.15, 0.2) is 0 Å². The fourth-order valence-corrected chi connectivity index (χ4v) is 2.88. The van der Waals surface area contributed by atoms with Crippen molar-refractivity contribution in [2.75, 3.05) is 19.6 Å². The van der Waals surface area contributed by atoms with E-state index in [1.165, 1.54) is 4.90 Å². The van der Waals surface area contributed by atoms with Crippen molar-refractivity contribution < 1.29 is 19.5 Å². The second-order valence-electron chi connectivity index (χ2n) is 5.43. The molecule has 112 valence electrons. The average molecular weight is 283 g/mol. The van der Waals surface area contributed by atoms with Crippen molar-refractivity contribution in [3.8, 4) is 0 Å². The molecule has 0 radical (unpaired) electrons. The molecule has 1 saturated heterocycles. The zero-order valence-electron chi connectivity index (χ0n) is 11.4. The van der Waals surface area contributed by atoms with Crippen LogP contribution in [0.2, 0.25) is 0 Å². The van der Waals surface area contributed by atoms with Gasteiger partial charge in [0.2, 0.25) is 5.91 Å². The van der Waals surface area contributed by atoms with E-state index >= 15 is 0 Å². The molecule has 1 saturated carbocycles. The Balaban J connectivity index is 1.94. The summed E-state index contributed by atoms with van der Waals surface area (Å²) in [5.74, 6) is -1.22. The van der Waals surface area contributed by atoms with E-state index in [1.54, 1.807) is 0 Å². The molecule has 7 heteroatoms. The zero-order chi connectivity index (χ0) is 14.5. The van der Waals surface area contributed by atoms with E-state index in [2.05, 4.69) is 10.6 Å². The maximum Gasteiger partial charge on any atom is 0.326 e. The minimum absolute atomic E-state index is 0.0104. The molecule has 3 N–H and O–H groups in total. The molecule has 1 heterocycles. The Kier molecular flexibility index (Phi) is 4.81. The largest absolute Gasteiger partial charge is 0.480 e. The summed E-state index contributed by atoms with van der Waals surface area (Å²) in [4.78, 5) is 36.1. The number of carbonyl (C=O) groups excluding carboxylic acids is 2. The van der Waals surface area contributed by atoms with E-state index in [1.807, 2.05) is 0 Å². The van der Waals surface area contributed by atoms with Crippen LogP contribution in [-0.4, -0.2) is 53.6 Å². The number of urea groups is 1. The number of rotatable bonds is 3. The maximum atomic E-state index is 12.1. The van der Waals surface area contributed by atoms with E-state index in [-0.39, 0.29) is 18.4 Å². The maximum absolute atomic E-state index is 12.1. The van der Waals surface area contributed by atoms with Gasteiger partial charge in [-0.3, -0.25) is 4.79 Å². The number of carboxylic acids is 1. The second kappa shape index (κ2) is 6.58. The normalized spacial score (nSPS) is 22.0. The van der Waals surface area contributed by atoms with Gasteiger partial charge in [0, 0.05) is 13.1 Å². The average Bonchev–Trinajstić information content (AvgIpc) is 2.45. The first-order chi connectivity index (χ1) is 9.58. The van der Waals surface area contributed by atoms with E-state index in [0.29, 0.717) is 13.1 Å². The fourth-order valence-electron chi connectivity index (χ4n) is 2.88. The highest BCUT2D eigenvalue weighted by molar-refractivity contribution is 5.87. The third kappa shape index (κ3) is 3.61. The summed E-state index contributed by atoms with van der Waals surface area (Å²) >= 11 is 0. The van der Waals surface area contributed by atoms with E-state index in [4.69, 9.17) is 0 Å². The lowest BCUT2D eigenvalue weighted by molar-refractivity contribution is -0.141. The first kappa shape index (κ1) is 14.6. The fraction of sp³-hybridized carbons (Fsp3) is 0.769. The molecule has 1 aliphatic heterocycles. The monoisotopic (exact) mass is 283 g/mol. The van der Waals surface area contributed by atoms with Crippen molar-refractivity contribution in [2.45, 2.75) is 38.1 Å². The van der Waals surface area contributed by atoms with E-state index in [0.717, 1.165) is 32.1 Å². The number of amides is 3. The van der Waals surface area contributed by atoms with Crippen molar-refractivity contribution in [1.82, 2.24) is 15.5 Å². The Morgan fingerprint density at radius 3 is 2.60 bits per heavy atom. The van der Waals surface area contributed by atoms with Crippen LogP contribution in [0, 0.1) is 5.92 Å². The minimum atomic E-state index is -0.994. The van der Waals surface area contributed by atoms with Gasteiger partial charge >= 0.3 is 12.0 Å². The zero-order valence-corrected chi connectivity index (χ0v) is 11.4. The SMILES string of the molecule is O=C1CN(C(=O)NC(C(=O)O)C2CCCCC2)CCN1. The molecule has 0 aromatic rings. The predicted octanol–water partition coefficient (Wildman–Crippen LogP) is 0.161. The smallest absolute Gasteiger partial charge is 0.326 e. The summed E-state index contributed by atoms with van der Waals surface area (Å²) < 4.78 is 0. The molecule has 0 bridgehead atoms. The summed E-state index contributed by atoms with van der Waals surface area (Å²) in [6.45, 7) is 0.810. The standard InChI is InChI=1S/C13H21N3O4/c17-10-8-16(7-6-14-10)13(20)15-11(12(18)19)9-4-2-1-3-5-9/h9,11H,1-8H2,(H,14,17)(H,15,20)(H,18,19). The quantitative estimate of drug-likeness (QED) is 0.687. The highest BCUT2D eigenvalue weighted by Crippen LogP contribution is 2.26. The van der Waals surface area contributed by atoms with Crippen molar-refractivity contribution in [3.05, 3.63) is 0 Å². The van der Waals surface area contributed by atoms with Gasteiger partial charge in [-0.15, -0.1) is 0 Å². The molecule has 2 fully saturated rings. The molecule has 1 atom stereocenters. The molecule has 2 rings (SSSR count). The third-order valence-corrected chi connectivity index (χ3v) is 3.99. The predicted molar refractivity (Wildman–Crippen MR) is 71.1 cm³/mol. The number of nitrogens with zero attached hydrogens (tertiary/aromatic N) is 1. The van der Waals surface area contributed by atoms with Crippen LogP contribution in [0.25, 0.3) is 0 Å². The molecule has 0 aromatic carbocycles. The molecule has 1 aliphatic carbocycles. The van der Waals surface area contributed by atoms with Crippen LogP contribution >= 0.6 is 0 Å². The Bertz CT molecular complexity index is 393. The number of carboxylic acid groups (broad SMARTS) is 1. The molecule has 1 unspecified atom stereocenters. The molecule has 3 amide bonds. The number of hydrogen-bond acceptors (Lipinski definition) is 3. The van der Waals surface area contributed by atoms with E-state index in [9.17, 15) is 19.5 Å². The Hall–Kier alpha value is -1.79. The Labute approximate surface area is 117 Å². The number of hydrogen-bond donors (Lipinski definition) is 3. The number of aliphatic carboxylic acids is 1. The van der Waals surface area contributed by atoms with Crippen LogP contribution in [-0.2, 0) is 9.59 Å². The molecule has 7 nitrogen and oxygen atoms in total. The van der Waals surface area contributed by atoms with Gasteiger partial charge in [-0.1, -0.05) is 19.3 Å². The second-order valence-corrected chi connectivity index (χ2v) is 5.43. The van der Waals surface area contributed by atoms with Gasteiger partial charge in [0.25, 0.3) is 0 Å². The first-order valence-electron chi connectivity index (χ1n) is 7.13. The van der Waals surface area contributed by atoms with Gasteiger partial charge in [-0.05, 0) is 18.8 Å². The van der Waals surface area contributed by atoms with Gasteiger partial charge in [-0.25, -0.2) is 9.59 Å². The summed E-state index contributed by atoms with van der Waals surface area (Å²) in [6.07, 6.45) is 4.81. The van der Waals surface area contributed by atoms with Crippen molar-refractivity contribution in [1.29, 1.82) is 0 Å².